The van der Waals surface area contributed by atoms with Gasteiger partial charge in [0.15, 0.2) is 0 Å². The molecular formula is C14H18N2S. The molecule has 1 aromatic carbocycles. The van der Waals surface area contributed by atoms with Crippen molar-refractivity contribution in [2.45, 2.75) is 37.5 Å². The maximum Gasteiger partial charge on any atom is 0.101 e. The van der Waals surface area contributed by atoms with Gasteiger partial charge in [0, 0.05) is 11.3 Å². The number of para-hydroxylation sites is 1. The second-order valence-corrected chi connectivity index (χ2v) is 5.64. The minimum absolute atomic E-state index is 0.512. The van der Waals surface area contributed by atoms with E-state index in [0.29, 0.717) is 11.3 Å². The van der Waals surface area contributed by atoms with E-state index >= 15 is 0 Å². The molecule has 2 unspecified atom stereocenters. The van der Waals surface area contributed by atoms with Crippen molar-refractivity contribution in [3.8, 4) is 6.07 Å². The van der Waals surface area contributed by atoms with E-state index in [4.69, 9.17) is 5.26 Å². The van der Waals surface area contributed by atoms with Crippen molar-refractivity contribution in [2.75, 3.05) is 11.6 Å². The van der Waals surface area contributed by atoms with Crippen LogP contribution in [0, 0.1) is 18.3 Å². The highest BCUT2D eigenvalue weighted by atomic mass is 32.2. The van der Waals surface area contributed by atoms with Gasteiger partial charge >= 0.3 is 0 Å². The zero-order valence-electron chi connectivity index (χ0n) is 10.4. The third kappa shape index (κ3) is 2.58. The van der Waals surface area contributed by atoms with Gasteiger partial charge < -0.3 is 5.32 Å². The van der Waals surface area contributed by atoms with Crippen molar-refractivity contribution < 1.29 is 0 Å². The van der Waals surface area contributed by atoms with Crippen LogP contribution in [0.4, 0.5) is 5.69 Å². The molecule has 0 heterocycles. The van der Waals surface area contributed by atoms with Gasteiger partial charge in [-0.1, -0.05) is 18.6 Å². The van der Waals surface area contributed by atoms with Crippen LogP contribution in [0.2, 0.25) is 0 Å². The molecule has 0 radical (unpaired) electrons. The van der Waals surface area contributed by atoms with Crippen LogP contribution in [0.25, 0.3) is 0 Å². The molecule has 3 heteroatoms. The lowest BCUT2D eigenvalue weighted by atomic mass is 10.1. The molecule has 1 aliphatic rings. The molecular weight excluding hydrogens is 228 g/mol. The summed E-state index contributed by atoms with van der Waals surface area (Å²) in [6, 6.07) is 8.68. The Morgan fingerprint density at radius 3 is 2.94 bits per heavy atom. The normalized spacial score (nSPS) is 23.4. The summed E-state index contributed by atoms with van der Waals surface area (Å²) < 4.78 is 0. The van der Waals surface area contributed by atoms with Crippen LogP contribution < -0.4 is 5.32 Å². The van der Waals surface area contributed by atoms with Crippen LogP contribution in [-0.2, 0) is 0 Å². The first-order valence-electron chi connectivity index (χ1n) is 6.05. The molecule has 2 rings (SSSR count). The Bertz CT molecular complexity index is 436. The number of benzene rings is 1. The highest BCUT2D eigenvalue weighted by Crippen LogP contribution is 2.32. The number of nitriles is 1. The Morgan fingerprint density at radius 1 is 1.41 bits per heavy atom. The van der Waals surface area contributed by atoms with Crippen molar-refractivity contribution in [3.05, 3.63) is 29.3 Å². The van der Waals surface area contributed by atoms with Crippen molar-refractivity contribution >= 4 is 17.4 Å². The van der Waals surface area contributed by atoms with Gasteiger partial charge in [0.1, 0.15) is 6.07 Å². The molecule has 0 spiro atoms. The number of thioether (sulfide) groups is 1. The summed E-state index contributed by atoms with van der Waals surface area (Å²) in [6.45, 7) is 2.06. The van der Waals surface area contributed by atoms with Gasteiger partial charge in [0.25, 0.3) is 0 Å². The molecule has 0 aromatic heterocycles. The van der Waals surface area contributed by atoms with E-state index in [9.17, 15) is 0 Å². The van der Waals surface area contributed by atoms with E-state index in [2.05, 4.69) is 30.6 Å². The Hall–Kier alpha value is -1.14. The van der Waals surface area contributed by atoms with Crippen LogP contribution in [0.3, 0.4) is 0 Å². The van der Waals surface area contributed by atoms with E-state index in [1.54, 1.807) is 0 Å². The van der Waals surface area contributed by atoms with Crippen molar-refractivity contribution in [3.63, 3.8) is 0 Å². The Kier molecular flexibility index (Phi) is 3.96. The third-order valence-corrected chi connectivity index (χ3v) is 4.65. The van der Waals surface area contributed by atoms with Gasteiger partial charge in [-0.3, -0.25) is 0 Å². The van der Waals surface area contributed by atoms with E-state index in [0.717, 1.165) is 16.8 Å². The fourth-order valence-electron chi connectivity index (χ4n) is 2.51. The first kappa shape index (κ1) is 12.3. The molecule has 1 N–H and O–H groups in total. The maximum absolute atomic E-state index is 9.14. The fraction of sp³-hybridized carbons (Fsp3) is 0.500. The summed E-state index contributed by atoms with van der Waals surface area (Å²) >= 11 is 1.93. The molecule has 0 aliphatic heterocycles. The number of nitrogens with zero attached hydrogens (tertiary/aromatic N) is 1. The van der Waals surface area contributed by atoms with Gasteiger partial charge in [-0.25, -0.2) is 0 Å². The smallest absolute Gasteiger partial charge is 0.101 e. The first-order chi connectivity index (χ1) is 8.26. The second-order valence-electron chi connectivity index (χ2n) is 4.57. The maximum atomic E-state index is 9.14. The van der Waals surface area contributed by atoms with E-state index < -0.39 is 0 Å². The average molecular weight is 246 g/mol. The van der Waals surface area contributed by atoms with Crippen LogP contribution >= 0.6 is 11.8 Å². The van der Waals surface area contributed by atoms with Gasteiger partial charge in [0.2, 0.25) is 0 Å². The summed E-state index contributed by atoms with van der Waals surface area (Å²) in [7, 11) is 0. The van der Waals surface area contributed by atoms with Crippen molar-refractivity contribution in [2.24, 2.45) is 0 Å². The summed E-state index contributed by atoms with van der Waals surface area (Å²) in [4.78, 5) is 0. The molecule has 17 heavy (non-hydrogen) atoms. The molecule has 90 valence electrons. The topological polar surface area (TPSA) is 35.8 Å². The van der Waals surface area contributed by atoms with Crippen LogP contribution in [-0.4, -0.2) is 17.5 Å². The zero-order chi connectivity index (χ0) is 12.3. The van der Waals surface area contributed by atoms with Gasteiger partial charge in [0.05, 0.1) is 11.3 Å². The minimum atomic E-state index is 0.512. The molecule has 1 saturated carbocycles. The van der Waals surface area contributed by atoms with Crippen molar-refractivity contribution in [1.82, 2.24) is 0 Å². The third-order valence-electron chi connectivity index (χ3n) is 3.48. The molecule has 0 bridgehead atoms. The standard InChI is InChI=1S/C14H18N2S/c1-10-5-3-6-11(9-15)14(10)16-12-7-4-8-13(12)17-2/h3,5-6,12-13,16H,4,7-8H2,1-2H3. The fourth-order valence-corrected chi connectivity index (χ4v) is 3.45. The molecule has 2 atom stereocenters. The van der Waals surface area contributed by atoms with E-state index in [1.165, 1.54) is 19.3 Å². The molecule has 0 saturated heterocycles. The summed E-state index contributed by atoms with van der Waals surface area (Å²) in [6.07, 6.45) is 5.96. The zero-order valence-corrected chi connectivity index (χ0v) is 11.2. The van der Waals surface area contributed by atoms with E-state index in [1.807, 2.05) is 23.9 Å². The monoisotopic (exact) mass is 246 g/mol. The molecule has 2 nitrogen and oxygen atoms in total. The van der Waals surface area contributed by atoms with Crippen LogP contribution in [0.5, 0.6) is 0 Å². The van der Waals surface area contributed by atoms with Gasteiger partial charge in [-0.2, -0.15) is 17.0 Å². The van der Waals surface area contributed by atoms with Gasteiger partial charge in [-0.15, -0.1) is 0 Å². The van der Waals surface area contributed by atoms with Crippen LogP contribution in [0.15, 0.2) is 18.2 Å². The first-order valence-corrected chi connectivity index (χ1v) is 7.34. The lowest BCUT2D eigenvalue weighted by Gasteiger charge is -2.22. The minimum Gasteiger partial charge on any atom is -0.380 e. The lowest BCUT2D eigenvalue weighted by Crippen LogP contribution is -2.26. The predicted molar refractivity (Wildman–Crippen MR) is 74.5 cm³/mol. The number of hydrogen-bond donors (Lipinski definition) is 1. The predicted octanol–water partition coefficient (Wildman–Crippen LogP) is 3.56. The second kappa shape index (κ2) is 5.46. The average Bonchev–Trinajstić information content (AvgIpc) is 2.79. The number of rotatable bonds is 3. The lowest BCUT2D eigenvalue weighted by molar-refractivity contribution is 0.767. The Morgan fingerprint density at radius 2 is 2.24 bits per heavy atom. The molecule has 1 fully saturated rings. The molecule has 1 aliphatic carbocycles. The highest BCUT2D eigenvalue weighted by molar-refractivity contribution is 7.99. The quantitative estimate of drug-likeness (QED) is 0.885. The largest absolute Gasteiger partial charge is 0.380 e. The SMILES string of the molecule is CSC1CCCC1Nc1c(C)cccc1C#N. The van der Waals surface area contributed by atoms with E-state index in [-0.39, 0.29) is 0 Å². The number of aryl methyl sites for hydroxylation is 1. The number of hydrogen-bond acceptors (Lipinski definition) is 3. The highest BCUT2D eigenvalue weighted by Gasteiger charge is 2.27. The molecule has 0 amide bonds. The Labute approximate surface area is 107 Å². The summed E-state index contributed by atoms with van der Waals surface area (Å²) in [5.41, 5.74) is 2.95. The summed E-state index contributed by atoms with van der Waals surface area (Å²) in [5.74, 6) is 0. The molecule has 1 aromatic rings. The number of anilines is 1. The Balaban J connectivity index is 2.21. The van der Waals surface area contributed by atoms with Crippen LogP contribution in [0.1, 0.15) is 30.4 Å². The summed E-state index contributed by atoms with van der Waals surface area (Å²) in [5, 5.41) is 13.4. The van der Waals surface area contributed by atoms with Crippen molar-refractivity contribution in [1.29, 1.82) is 5.26 Å². The number of nitrogens with one attached hydrogen (secondary N) is 1. The van der Waals surface area contributed by atoms with Gasteiger partial charge in [-0.05, 0) is 37.7 Å².